The molecule has 3 aromatic rings. The summed E-state index contributed by atoms with van der Waals surface area (Å²) in [4.78, 5) is 18.9. The number of hydrogen-bond donors (Lipinski definition) is 2. The highest BCUT2D eigenvalue weighted by Crippen LogP contribution is 2.31. The van der Waals surface area contributed by atoms with Gasteiger partial charge < -0.3 is 10.6 Å². The minimum absolute atomic E-state index is 0.0306. The van der Waals surface area contributed by atoms with Gasteiger partial charge in [-0.2, -0.15) is 0 Å². The Morgan fingerprint density at radius 1 is 1.04 bits per heavy atom. The number of rotatable bonds is 6. The summed E-state index contributed by atoms with van der Waals surface area (Å²) < 4.78 is 13.0. The fourth-order valence-electron chi connectivity index (χ4n) is 2.33. The predicted molar refractivity (Wildman–Crippen MR) is 96.9 cm³/mol. The summed E-state index contributed by atoms with van der Waals surface area (Å²) >= 11 is 0. The van der Waals surface area contributed by atoms with Crippen LogP contribution in [0, 0.1) is 22.9 Å². The Morgan fingerprint density at radius 2 is 1.69 bits per heavy atom. The minimum atomic E-state index is -0.552. The number of aryl methyl sites for hydroxylation is 1. The van der Waals surface area contributed by atoms with E-state index in [1.54, 1.807) is 0 Å². The summed E-state index contributed by atoms with van der Waals surface area (Å²) in [6, 6.07) is 13.3. The van der Waals surface area contributed by atoms with Crippen LogP contribution in [0.4, 0.5) is 27.4 Å². The molecule has 0 spiro atoms. The first-order chi connectivity index (χ1) is 12.5. The highest BCUT2D eigenvalue weighted by atomic mass is 19.1. The predicted octanol–water partition coefficient (Wildman–Crippen LogP) is 4.19. The van der Waals surface area contributed by atoms with Crippen LogP contribution in [0.2, 0.25) is 0 Å². The smallest absolute Gasteiger partial charge is 0.353 e. The molecule has 0 saturated carbocycles. The van der Waals surface area contributed by atoms with Gasteiger partial charge in [0.25, 0.3) is 0 Å². The molecule has 7 nitrogen and oxygen atoms in total. The Kier molecular flexibility index (Phi) is 5.02. The maximum Gasteiger partial charge on any atom is 0.353 e. The molecular weight excluding hydrogens is 337 g/mol. The van der Waals surface area contributed by atoms with E-state index in [0.717, 1.165) is 11.1 Å². The van der Waals surface area contributed by atoms with E-state index in [-0.39, 0.29) is 17.3 Å². The van der Waals surface area contributed by atoms with Gasteiger partial charge in [-0.05, 0) is 36.8 Å². The van der Waals surface area contributed by atoms with E-state index in [1.165, 1.54) is 30.6 Å². The van der Waals surface area contributed by atoms with E-state index < -0.39 is 10.7 Å². The second-order valence-electron chi connectivity index (χ2n) is 5.65. The van der Waals surface area contributed by atoms with Gasteiger partial charge in [-0.25, -0.2) is 14.4 Å². The molecule has 0 aliphatic rings. The maximum absolute atomic E-state index is 13.0. The molecule has 1 heterocycles. The highest BCUT2D eigenvalue weighted by molar-refractivity contribution is 5.73. The second-order valence-corrected chi connectivity index (χ2v) is 5.65. The van der Waals surface area contributed by atoms with Gasteiger partial charge in [-0.1, -0.05) is 29.8 Å². The van der Waals surface area contributed by atoms with Crippen LogP contribution >= 0.6 is 0 Å². The quantitative estimate of drug-likeness (QED) is 0.510. The van der Waals surface area contributed by atoms with E-state index >= 15 is 0 Å². The zero-order valence-electron chi connectivity index (χ0n) is 13.9. The topological polar surface area (TPSA) is 93.0 Å². The average molecular weight is 353 g/mol. The lowest BCUT2D eigenvalue weighted by Crippen LogP contribution is -2.08. The van der Waals surface area contributed by atoms with Crippen LogP contribution < -0.4 is 10.6 Å². The summed E-state index contributed by atoms with van der Waals surface area (Å²) in [6.07, 6.45) is 1.23. The fourth-order valence-corrected chi connectivity index (χ4v) is 2.33. The number of hydrogen-bond acceptors (Lipinski definition) is 6. The van der Waals surface area contributed by atoms with Gasteiger partial charge in [-0.15, -0.1) is 0 Å². The molecule has 0 amide bonds. The van der Waals surface area contributed by atoms with E-state index in [1.807, 2.05) is 31.2 Å². The van der Waals surface area contributed by atoms with Crippen molar-refractivity contribution in [2.45, 2.75) is 13.5 Å². The Labute approximate surface area is 149 Å². The molecular formula is C18H16FN5O2. The molecule has 0 aliphatic heterocycles. The zero-order chi connectivity index (χ0) is 18.5. The normalized spacial score (nSPS) is 10.4. The van der Waals surface area contributed by atoms with Crippen molar-refractivity contribution in [3.63, 3.8) is 0 Å². The van der Waals surface area contributed by atoms with E-state index in [4.69, 9.17) is 0 Å². The molecule has 1 aromatic heterocycles. The Morgan fingerprint density at radius 3 is 2.35 bits per heavy atom. The third-order valence-corrected chi connectivity index (χ3v) is 3.69. The van der Waals surface area contributed by atoms with Gasteiger partial charge in [-0.3, -0.25) is 10.1 Å². The minimum Gasteiger partial charge on any atom is -0.360 e. The molecule has 0 aliphatic carbocycles. The summed E-state index contributed by atoms with van der Waals surface area (Å²) in [5.74, 6) is -0.258. The van der Waals surface area contributed by atoms with Crippen LogP contribution in [0.25, 0.3) is 0 Å². The molecule has 0 bridgehead atoms. The SMILES string of the molecule is Cc1ccc(CNc2ncnc(Nc3ccc(F)cc3)c2[N+](=O)[O-])cc1. The average Bonchev–Trinajstić information content (AvgIpc) is 2.63. The number of aromatic nitrogens is 2. The Bertz CT molecular complexity index is 914. The number of benzene rings is 2. The van der Waals surface area contributed by atoms with Gasteiger partial charge in [0.2, 0.25) is 11.6 Å². The third-order valence-electron chi connectivity index (χ3n) is 3.69. The monoisotopic (exact) mass is 353 g/mol. The van der Waals surface area contributed by atoms with Crippen molar-refractivity contribution in [3.05, 3.63) is 81.9 Å². The van der Waals surface area contributed by atoms with Gasteiger partial charge in [0.05, 0.1) is 4.92 Å². The molecule has 0 saturated heterocycles. The first-order valence-electron chi connectivity index (χ1n) is 7.84. The van der Waals surface area contributed by atoms with Crippen molar-refractivity contribution in [1.29, 1.82) is 0 Å². The number of halogens is 1. The van der Waals surface area contributed by atoms with Crippen LogP contribution in [0.1, 0.15) is 11.1 Å². The molecule has 26 heavy (non-hydrogen) atoms. The number of nitrogens with one attached hydrogen (secondary N) is 2. The Hall–Kier alpha value is -3.55. The molecule has 0 unspecified atom stereocenters. The largest absolute Gasteiger partial charge is 0.360 e. The van der Waals surface area contributed by atoms with Crippen molar-refractivity contribution in [1.82, 2.24) is 9.97 Å². The first kappa shape index (κ1) is 17.3. The van der Waals surface area contributed by atoms with Crippen molar-refractivity contribution < 1.29 is 9.31 Å². The maximum atomic E-state index is 13.0. The van der Waals surface area contributed by atoms with Gasteiger partial charge >= 0.3 is 5.69 Å². The van der Waals surface area contributed by atoms with Crippen molar-refractivity contribution in [2.75, 3.05) is 10.6 Å². The Balaban J connectivity index is 1.84. The van der Waals surface area contributed by atoms with E-state index in [0.29, 0.717) is 12.2 Å². The van der Waals surface area contributed by atoms with E-state index in [9.17, 15) is 14.5 Å². The molecule has 132 valence electrons. The summed E-state index contributed by atoms with van der Waals surface area (Å²) in [5, 5.41) is 17.3. The molecule has 2 aromatic carbocycles. The lowest BCUT2D eigenvalue weighted by Gasteiger charge is -2.10. The molecule has 0 fully saturated rings. The first-order valence-corrected chi connectivity index (χ1v) is 7.84. The summed E-state index contributed by atoms with van der Waals surface area (Å²) in [7, 11) is 0. The molecule has 2 N–H and O–H groups in total. The molecule has 0 radical (unpaired) electrons. The number of anilines is 3. The molecule has 3 rings (SSSR count). The van der Waals surface area contributed by atoms with Crippen molar-refractivity contribution in [2.24, 2.45) is 0 Å². The third kappa shape index (κ3) is 4.10. The van der Waals surface area contributed by atoms with Gasteiger partial charge in [0.1, 0.15) is 12.1 Å². The van der Waals surface area contributed by atoms with E-state index in [2.05, 4.69) is 20.6 Å². The standard InChI is InChI=1S/C18H16FN5O2/c1-12-2-4-13(5-3-12)10-20-17-16(24(25)26)18(22-11-21-17)23-15-8-6-14(19)7-9-15/h2-9,11H,10H2,1H3,(H2,20,21,22,23). The van der Waals surface area contributed by atoms with Gasteiger partial charge in [0, 0.05) is 12.2 Å². The second kappa shape index (κ2) is 7.56. The van der Waals surface area contributed by atoms with Gasteiger partial charge in [0.15, 0.2) is 0 Å². The summed E-state index contributed by atoms with van der Waals surface area (Å²) in [5.41, 5.74) is 2.31. The molecule has 8 heteroatoms. The zero-order valence-corrected chi connectivity index (χ0v) is 13.9. The van der Waals surface area contributed by atoms with Crippen LogP contribution in [0.15, 0.2) is 54.9 Å². The van der Waals surface area contributed by atoms with Crippen LogP contribution in [-0.2, 0) is 6.54 Å². The summed E-state index contributed by atoms with van der Waals surface area (Å²) in [6.45, 7) is 2.37. The van der Waals surface area contributed by atoms with Crippen LogP contribution in [-0.4, -0.2) is 14.9 Å². The van der Waals surface area contributed by atoms with Crippen molar-refractivity contribution >= 4 is 23.0 Å². The van der Waals surface area contributed by atoms with Crippen LogP contribution in [0.5, 0.6) is 0 Å². The lowest BCUT2D eigenvalue weighted by molar-refractivity contribution is -0.383. The highest BCUT2D eigenvalue weighted by Gasteiger charge is 2.23. The lowest BCUT2D eigenvalue weighted by atomic mass is 10.1. The molecule has 0 atom stereocenters. The number of nitrogens with zero attached hydrogens (tertiary/aromatic N) is 3. The number of nitro groups is 1. The van der Waals surface area contributed by atoms with Crippen molar-refractivity contribution in [3.8, 4) is 0 Å². The fraction of sp³-hybridized carbons (Fsp3) is 0.111. The van der Waals surface area contributed by atoms with Crippen LogP contribution in [0.3, 0.4) is 0 Å².